The number of hydrogen-bond acceptors (Lipinski definition) is 6. The fraction of sp³-hybridized carbons (Fsp3) is 0.312. The molecule has 0 radical (unpaired) electrons. The summed E-state index contributed by atoms with van der Waals surface area (Å²) in [5.41, 5.74) is 2.53. The molecule has 0 unspecified atom stereocenters. The first-order valence-electron chi connectivity index (χ1n) is 7.74. The van der Waals surface area contributed by atoms with E-state index < -0.39 is 0 Å². The molecule has 9 heteroatoms. The highest BCUT2D eigenvalue weighted by Crippen LogP contribution is 2.15. The third-order valence-corrected chi connectivity index (χ3v) is 3.95. The minimum atomic E-state index is -0.172. The number of carbonyl (C=O) groups excluding carboxylic acids is 1. The first-order chi connectivity index (χ1) is 12.0. The van der Waals surface area contributed by atoms with Crippen molar-refractivity contribution in [1.82, 2.24) is 35.3 Å². The molecule has 0 bridgehead atoms. The van der Waals surface area contributed by atoms with Gasteiger partial charge >= 0.3 is 0 Å². The van der Waals surface area contributed by atoms with Crippen molar-refractivity contribution < 1.29 is 9.53 Å². The molecule has 0 aliphatic rings. The Morgan fingerprint density at radius 2 is 2.12 bits per heavy atom. The first kappa shape index (κ1) is 16.6. The van der Waals surface area contributed by atoms with Gasteiger partial charge in [-0.15, -0.1) is 5.10 Å². The highest BCUT2D eigenvalue weighted by atomic mass is 16.5. The minimum absolute atomic E-state index is 0.172. The average molecular weight is 341 g/mol. The second-order valence-corrected chi connectivity index (χ2v) is 5.60. The van der Waals surface area contributed by atoms with Crippen LogP contribution in [0.15, 0.2) is 30.5 Å². The van der Waals surface area contributed by atoms with Crippen LogP contribution in [0.4, 0.5) is 0 Å². The number of carbonyl (C=O) groups is 1. The monoisotopic (exact) mass is 341 g/mol. The number of hydrogen-bond donors (Lipinski definition) is 1. The number of aromatic nitrogens is 6. The molecule has 0 saturated heterocycles. The third kappa shape index (κ3) is 3.82. The fourth-order valence-corrected chi connectivity index (χ4v) is 2.24. The summed E-state index contributed by atoms with van der Waals surface area (Å²) in [6.07, 6.45) is 1.75. The molecule has 2 aromatic heterocycles. The Morgan fingerprint density at radius 1 is 1.28 bits per heavy atom. The Labute approximate surface area is 144 Å². The highest BCUT2D eigenvalue weighted by Gasteiger charge is 2.10. The molecule has 0 spiro atoms. The summed E-state index contributed by atoms with van der Waals surface area (Å²) in [5.74, 6) is 1.00. The standard InChI is InChI=1S/C16H19N7O2/c1-11-13(9-18-22(11)2)8-17-16(24)12-5-4-6-14(7-12)25-10-15-19-20-21-23(15)3/h4-7,9H,8,10H2,1-3H3,(H,17,24). The van der Waals surface area contributed by atoms with Crippen molar-refractivity contribution in [3.63, 3.8) is 0 Å². The van der Waals surface area contributed by atoms with Gasteiger partial charge in [0, 0.05) is 37.5 Å². The SMILES string of the molecule is Cc1c(CNC(=O)c2cccc(OCc3nnnn3C)c2)cnn1C. The Hall–Kier alpha value is -3.23. The lowest BCUT2D eigenvalue weighted by molar-refractivity contribution is 0.0950. The van der Waals surface area contributed by atoms with Gasteiger partial charge in [-0.2, -0.15) is 5.10 Å². The van der Waals surface area contributed by atoms with Gasteiger partial charge in [-0.25, -0.2) is 4.68 Å². The Bertz CT molecular complexity index is 884. The molecule has 9 nitrogen and oxygen atoms in total. The van der Waals surface area contributed by atoms with E-state index in [1.54, 1.807) is 42.2 Å². The predicted molar refractivity (Wildman–Crippen MR) is 88.7 cm³/mol. The van der Waals surface area contributed by atoms with Crippen molar-refractivity contribution in [3.8, 4) is 5.75 Å². The van der Waals surface area contributed by atoms with Gasteiger partial charge in [0.15, 0.2) is 5.82 Å². The van der Waals surface area contributed by atoms with Gasteiger partial charge in [-0.3, -0.25) is 9.48 Å². The molecule has 130 valence electrons. The van der Waals surface area contributed by atoms with Crippen LogP contribution in [-0.4, -0.2) is 35.9 Å². The van der Waals surface area contributed by atoms with Crippen molar-refractivity contribution >= 4 is 5.91 Å². The van der Waals surface area contributed by atoms with Crippen molar-refractivity contribution in [3.05, 3.63) is 53.1 Å². The summed E-state index contributed by atoms with van der Waals surface area (Å²) in [6.45, 7) is 2.61. The van der Waals surface area contributed by atoms with E-state index >= 15 is 0 Å². The fourth-order valence-electron chi connectivity index (χ4n) is 2.24. The molecule has 25 heavy (non-hydrogen) atoms. The number of nitrogens with one attached hydrogen (secondary N) is 1. The smallest absolute Gasteiger partial charge is 0.251 e. The van der Waals surface area contributed by atoms with Crippen LogP contribution in [0.2, 0.25) is 0 Å². The van der Waals surface area contributed by atoms with E-state index in [0.717, 1.165) is 11.3 Å². The van der Waals surface area contributed by atoms with Crippen LogP contribution in [-0.2, 0) is 27.2 Å². The summed E-state index contributed by atoms with van der Waals surface area (Å²) in [7, 11) is 3.61. The molecule has 1 N–H and O–H groups in total. The molecule has 0 aliphatic heterocycles. The summed E-state index contributed by atoms with van der Waals surface area (Å²) in [6, 6.07) is 6.98. The Morgan fingerprint density at radius 3 is 2.80 bits per heavy atom. The van der Waals surface area contributed by atoms with Crippen LogP contribution < -0.4 is 10.1 Å². The number of nitrogens with zero attached hydrogens (tertiary/aromatic N) is 6. The molecule has 3 aromatic rings. The van der Waals surface area contributed by atoms with E-state index in [1.807, 2.05) is 14.0 Å². The van der Waals surface area contributed by atoms with Gasteiger partial charge in [-0.05, 0) is 35.5 Å². The summed E-state index contributed by atoms with van der Waals surface area (Å²) >= 11 is 0. The molecular weight excluding hydrogens is 322 g/mol. The van der Waals surface area contributed by atoms with E-state index in [9.17, 15) is 4.79 Å². The van der Waals surface area contributed by atoms with E-state index in [2.05, 4.69) is 25.9 Å². The van der Waals surface area contributed by atoms with Gasteiger partial charge in [0.25, 0.3) is 5.91 Å². The zero-order chi connectivity index (χ0) is 17.8. The van der Waals surface area contributed by atoms with Crippen molar-refractivity contribution in [2.75, 3.05) is 0 Å². The molecule has 0 atom stereocenters. The molecule has 3 rings (SSSR count). The zero-order valence-corrected chi connectivity index (χ0v) is 14.3. The lowest BCUT2D eigenvalue weighted by Crippen LogP contribution is -2.23. The number of benzene rings is 1. The first-order valence-corrected chi connectivity index (χ1v) is 7.74. The van der Waals surface area contributed by atoms with E-state index in [1.165, 1.54) is 4.68 Å². The lowest BCUT2D eigenvalue weighted by atomic mass is 10.2. The summed E-state index contributed by atoms with van der Waals surface area (Å²) < 4.78 is 8.96. The molecule has 0 fully saturated rings. The number of rotatable bonds is 6. The van der Waals surface area contributed by atoms with Crippen LogP contribution in [0.3, 0.4) is 0 Å². The summed E-state index contributed by atoms with van der Waals surface area (Å²) in [5, 5.41) is 18.2. The maximum Gasteiger partial charge on any atom is 0.251 e. The zero-order valence-electron chi connectivity index (χ0n) is 14.3. The van der Waals surface area contributed by atoms with Crippen LogP contribution in [0.5, 0.6) is 5.75 Å². The van der Waals surface area contributed by atoms with E-state index in [4.69, 9.17) is 4.74 Å². The maximum absolute atomic E-state index is 12.3. The second-order valence-electron chi connectivity index (χ2n) is 5.60. The Kier molecular flexibility index (Phi) is 4.73. The van der Waals surface area contributed by atoms with Crippen molar-refractivity contribution in [2.24, 2.45) is 14.1 Å². The van der Waals surface area contributed by atoms with Gasteiger partial charge in [0.05, 0.1) is 6.20 Å². The van der Waals surface area contributed by atoms with Gasteiger partial charge < -0.3 is 10.1 Å². The molecule has 0 aliphatic carbocycles. The third-order valence-electron chi connectivity index (χ3n) is 3.95. The summed E-state index contributed by atoms with van der Waals surface area (Å²) in [4.78, 5) is 12.3. The van der Waals surface area contributed by atoms with Crippen LogP contribution in [0, 0.1) is 6.92 Å². The average Bonchev–Trinajstić information content (AvgIpc) is 3.17. The minimum Gasteiger partial charge on any atom is -0.486 e. The van der Waals surface area contributed by atoms with Gasteiger partial charge in [-0.1, -0.05) is 6.07 Å². The number of tetrazole rings is 1. The normalized spacial score (nSPS) is 10.7. The number of aryl methyl sites for hydroxylation is 2. The Balaban J connectivity index is 1.61. The van der Waals surface area contributed by atoms with Crippen molar-refractivity contribution in [1.29, 1.82) is 0 Å². The van der Waals surface area contributed by atoms with Gasteiger partial charge in [0.1, 0.15) is 12.4 Å². The van der Waals surface area contributed by atoms with Crippen LogP contribution >= 0.6 is 0 Å². The molecule has 2 heterocycles. The quantitative estimate of drug-likeness (QED) is 0.710. The second kappa shape index (κ2) is 7.12. The largest absolute Gasteiger partial charge is 0.486 e. The number of amides is 1. The molecule has 0 saturated carbocycles. The maximum atomic E-state index is 12.3. The van der Waals surface area contributed by atoms with Crippen molar-refractivity contribution in [2.45, 2.75) is 20.1 Å². The predicted octanol–water partition coefficient (Wildman–Crippen LogP) is 0.761. The molecular formula is C16H19N7O2. The van der Waals surface area contributed by atoms with E-state index in [-0.39, 0.29) is 12.5 Å². The molecule has 1 aromatic carbocycles. The highest BCUT2D eigenvalue weighted by molar-refractivity contribution is 5.94. The molecule has 1 amide bonds. The van der Waals surface area contributed by atoms with E-state index in [0.29, 0.717) is 23.7 Å². The number of ether oxygens (including phenoxy) is 1. The van der Waals surface area contributed by atoms with Crippen LogP contribution in [0.1, 0.15) is 27.4 Å². The topological polar surface area (TPSA) is 99.8 Å². The van der Waals surface area contributed by atoms with Gasteiger partial charge in [0.2, 0.25) is 0 Å². The lowest BCUT2D eigenvalue weighted by Gasteiger charge is -2.08. The van der Waals surface area contributed by atoms with Crippen LogP contribution in [0.25, 0.3) is 0 Å².